The first-order valence-corrected chi connectivity index (χ1v) is 11.1. The Bertz CT molecular complexity index is 934. The van der Waals surface area contributed by atoms with Gasteiger partial charge in [-0.05, 0) is 36.1 Å². The van der Waals surface area contributed by atoms with E-state index in [1.807, 2.05) is 20.8 Å². The summed E-state index contributed by atoms with van der Waals surface area (Å²) in [5.41, 5.74) is 1.17. The maximum Gasteiger partial charge on any atom is 0.308 e. The van der Waals surface area contributed by atoms with E-state index >= 15 is 0 Å². The average molecular weight is 422 g/mol. The molecule has 0 bridgehead atoms. The van der Waals surface area contributed by atoms with Crippen molar-refractivity contribution in [2.24, 2.45) is 5.41 Å². The number of hydrogen-bond acceptors (Lipinski definition) is 4. The molecule has 1 amide bonds. The predicted molar refractivity (Wildman–Crippen MR) is 111 cm³/mol. The van der Waals surface area contributed by atoms with Gasteiger partial charge in [-0.25, -0.2) is 4.39 Å². The second-order valence-electron chi connectivity index (χ2n) is 8.15. The summed E-state index contributed by atoms with van der Waals surface area (Å²) in [5, 5.41) is 0. The zero-order valence-corrected chi connectivity index (χ0v) is 18.1. The molecule has 2 aromatic carbocycles. The van der Waals surface area contributed by atoms with Crippen molar-refractivity contribution in [3.8, 4) is 5.75 Å². The van der Waals surface area contributed by atoms with E-state index < -0.39 is 10.1 Å². The average Bonchev–Trinajstić information content (AvgIpc) is 2.63. The Morgan fingerprint density at radius 3 is 2.24 bits per heavy atom. The van der Waals surface area contributed by atoms with Gasteiger partial charge in [0.2, 0.25) is 5.91 Å². The minimum Gasteiger partial charge on any atom is -0.382 e. The molecule has 0 fully saturated rings. The summed E-state index contributed by atoms with van der Waals surface area (Å²) in [4.78, 5) is 14.6. The van der Waals surface area contributed by atoms with Crippen LogP contribution in [0.1, 0.15) is 45.2 Å². The van der Waals surface area contributed by atoms with Gasteiger partial charge in [0, 0.05) is 25.1 Å². The summed E-state index contributed by atoms with van der Waals surface area (Å²) < 4.78 is 42.3. The van der Waals surface area contributed by atoms with Crippen LogP contribution in [-0.4, -0.2) is 25.0 Å². The predicted octanol–water partition coefficient (Wildman–Crippen LogP) is 4.52. The highest BCUT2D eigenvalue weighted by molar-refractivity contribution is 7.87. The van der Waals surface area contributed by atoms with E-state index in [0.29, 0.717) is 12.0 Å². The van der Waals surface area contributed by atoms with Crippen LogP contribution in [-0.2, 0) is 28.0 Å². The topological polar surface area (TPSA) is 63.7 Å². The highest BCUT2D eigenvalue weighted by Crippen LogP contribution is 2.26. The molecule has 0 radical (unpaired) electrons. The molecule has 0 atom stereocenters. The van der Waals surface area contributed by atoms with Crippen LogP contribution in [0.3, 0.4) is 0 Å². The lowest BCUT2D eigenvalue weighted by atomic mass is 9.91. The highest BCUT2D eigenvalue weighted by atomic mass is 32.2. The van der Waals surface area contributed by atoms with Crippen molar-refractivity contribution in [2.75, 3.05) is 5.75 Å². The minimum atomic E-state index is -3.69. The molecule has 29 heavy (non-hydrogen) atoms. The summed E-state index contributed by atoms with van der Waals surface area (Å²) >= 11 is 0. The Balaban J connectivity index is 2.32. The van der Waals surface area contributed by atoms with E-state index in [9.17, 15) is 17.6 Å². The number of halogens is 1. The first-order valence-electron chi connectivity index (χ1n) is 9.51. The Labute approximate surface area is 172 Å². The van der Waals surface area contributed by atoms with Gasteiger partial charge < -0.3 is 9.08 Å². The second-order valence-corrected chi connectivity index (χ2v) is 10.0. The molecule has 2 aromatic rings. The third-order valence-electron chi connectivity index (χ3n) is 4.23. The lowest BCUT2D eigenvalue weighted by Gasteiger charge is -2.27. The molecule has 0 saturated heterocycles. The molecule has 0 heterocycles. The SMILES string of the molecule is CCS(=O)(=O)Oc1ccccc1CN(Cc1ccc(F)cc1)C(=O)CC(C)(C)C. The van der Waals surface area contributed by atoms with Gasteiger partial charge >= 0.3 is 10.1 Å². The summed E-state index contributed by atoms with van der Waals surface area (Å²) in [6, 6.07) is 12.7. The van der Waals surface area contributed by atoms with Crippen molar-refractivity contribution in [2.45, 2.75) is 47.2 Å². The van der Waals surface area contributed by atoms with Crippen molar-refractivity contribution in [1.29, 1.82) is 0 Å². The van der Waals surface area contributed by atoms with Crippen LogP contribution in [0, 0.1) is 11.2 Å². The Hall–Kier alpha value is -2.41. The van der Waals surface area contributed by atoms with Crippen molar-refractivity contribution >= 4 is 16.0 Å². The number of nitrogens with zero attached hydrogens (tertiary/aromatic N) is 1. The van der Waals surface area contributed by atoms with Gasteiger partial charge in [-0.15, -0.1) is 0 Å². The van der Waals surface area contributed by atoms with Gasteiger partial charge in [-0.1, -0.05) is 51.1 Å². The molecule has 0 spiro atoms. The van der Waals surface area contributed by atoms with Crippen LogP contribution in [0.5, 0.6) is 5.75 Å². The number of carbonyl (C=O) groups is 1. The molecule has 0 aliphatic rings. The molecule has 0 unspecified atom stereocenters. The van der Waals surface area contributed by atoms with Gasteiger partial charge in [0.1, 0.15) is 11.6 Å². The first kappa shape index (κ1) is 22.9. The van der Waals surface area contributed by atoms with E-state index in [1.54, 1.807) is 41.3 Å². The van der Waals surface area contributed by atoms with Crippen molar-refractivity contribution in [3.05, 3.63) is 65.5 Å². The smallest absolute Gasteiger partial charge is 0.308 e. The molecule has 5 nitrogen and oxygen atoms in total. The first-order chi connectivity index (χ1) is 13.5. The van der Waals surface area contributed by atoms with Crippen LogP contribution in [0.25, 0.3) is 0 Å². The fourth-order valence-electron chi connectivity index (χ4n) is 2.73. The van der Waals surface area contributed by atoms with Gasteiger partial charge in [0.15, 0.2) is 0 Å². The Morgan fingerprint density at radius 1 is 1.03 bits per heavy atom. The summed E-state index contributed by atoms with van der Waals surface area (Å²) in [6.07, 6.45) is 0.324. The maximum atomic E-state index is 13.2. The molecular formula is C22H28FNO4S. The summed E-state index contributed by atoms with van der Waals surface area (Å²) in [6.45, 7) is 7.90. The fourth-order valence-corrected chi connectivity index (χ4v) is 3.28. The van der Waals surface area contributed by atoms with E-state index in [2.05, 4.69) is 0 Å². The molecule has 158 valence electrons. The lowest BCUT2D eigenvalue weighted by Crippen LogP contribution is -2.33. The van der Waals surface area contributed by atoms with E-state index in [4.69, 9.17) is 4.18 Å². The third-order valence-corrected chi connectivity index (χ3v) is 5.37. The Morgan fingerprint density at radius 2 is 1.66 bits per heavy atom. The normalized spacial score (nSPS) is 11.9. The second kappa shape index (κ2) is 9.39. The van der Waals surface area contributed by atoms with Crippen LogP contribution in [0.15, 0.2) is 48.5 Å². The number of benzene rings is 2. The molecule has 2 rings (SSSR count). The van der Waals surface area contributed by atoms with Crippen LogP contribution in [0.2, 0.25) is 0 Å². The molecule has 0 aromatic heterocycles. The Kier molecular flexibility index (Phi) is 7.41. The highest BCUT2D eigenvalue weighted by Gasteiger charge is 2.23. The largest absolute Gasteiger partial charge is 0.382 e. The molecule has 0 N–H and O–H groups in total. The quantitative estimate of drug-likeness (QED) is 0.588. The van der Waals surface area contributed by atoms with Gasteiger partial charge in [0.05, 0.1) is 5.75 Å². The van der Waals surface area contributed by atoms with Crippen LogP contribution in [0.4, 0.5) is 4.39 Å². The zero-order chi connectivity index (χ0) is 21.7. The molecular weight excluding hydrogens is 393 g/mol. The standard InChI is InChI=1S/C22H28FNO4S/c1-5-29(26,27)28-20-9-7-6-8-18(20)16-24(21(25)14-22(2,3)4)15-17-10-12-19(23)13-11-17/h6-13H,5,14-16H2,1-4H3. The fraction of sp³-hybridized carbons (Fsp3) is 0.409. The van der Waals surface area contributed by atoms with Crippen molar-refractivity contribution < 1.29 is 21.8 Å². The minimum absolute atomic E-state index is 0.0741. The lowest BCUT2D eigenvalue weighted by molar-refractivity contribution is -0.134. The van der Waals surface area contributed by atoms with E-state index in [-0.39, 0.29) is 41.7 Å². The van der Waals surface area contributed by atoms with Crippen LogP contribution < -0.4 is 4.18 Å². The molecule has 0 aliphatic heterocycles. The molecule has 7 heteroatoms. The van der Waals surface area contributed by atoms with E-state index in [0.717, 1.165) is 5.56 Å². The molecule has 0 aliphatic carbocycles. The zero-order valence-electron chi connectivity index (χ0n) is 17.3. The summed E-state index contributed by atoms with van der Waals surface area (Å²) in [5.74, 6) is -0.356. The van der Waals surface area contributed by atoms with Crippen LogP contribution >= 0.6 is 0 Å². The van der Waals surface area contributed by atoms with Crippen molar-refractivity contribution in [3.63, 3.8) is 0 Å². The number of amides is 1. The molecule has 0 saturated carbocycles. The number of hydrogen-bond donors (Lipinski definition) is 0. The monoisotopic (exact) mass is 421 g/mol. The number of carbonyl (C=O) groups excluding carboxylic acids is 1. The van der Waals surface area contributed by atoms with Gasteiger partial charge in [-0.2, -0.15) is 8.42 Å². The van der Waals surface area contributed by atoms with E-state index in [1.165, 1.54) is 19.1 Å². The maximum absolute atomic E-state index is 13.2. The third kappa shape index (κ3) is 7.49. The van der Waals surface area contributed by atoms with Gasteiger partial charge in [0.25, 0.3) is 0 Å². The summed E-state index contributed by atoms with van der Waals surface area (Å²) in [7, 11) is -3.69. The number of rotatable bonds is 8. The van der Waals surface area contributed by atoms with Gasteiger partial charge in [-0.3, -0.25) is 4.79 Å². The van der Waals surface area contributed by atoms with Crippen molar-refractivity contribution in [1.82, 2.24) is 4.90 Å². The number of para-hydroxylation sites is 1.